The van der Waals surface area contributed by atoms with Gasteiger partial charge in [-0.3, -0.25) is 0 Å². The van der Waals surface area contributed by atoms with Gasteiger partial charge in [0, 0.05) is 11.1 Å². The van der Waals surface area contributed by atoms with Crippen LogP contribution < -0.4 is 0 Å². The molecule has 0 saturated heterocycles. The van der Waals surface area contributed by atoms with Gasteiger partial charge in [-0.25, -0.2) is 4.98 Å². The summed E-state index contributed by atoms with van der Waals surface area (Å²) >= 11 is 0. The lowest BCUT2D eigenvalue weighted by atomic mass is 9.82. The van der Waals surface area contributed by atoms with Crippen LogP contribution in [-0.2, 0) is 12.8 Å². The molecule has 0 unspecified atom stereocenters. The van der Waals surface area contributed by atoms with E-state index >= 15 is 0 Å². The molecular formula is C25H21NO. The summed E-state index contributed by atoms with van der Waals surface area (Å²) in [7, 11) is 0. The van der Waals surface area contributed by atoms with Crippen LogP contribution in [0.1, 0.15) is 24.0 Å². The van der Waals surface area contributed by atoms with Crippen LogP contribution in [-0.4, -0.2) is 4.98 Å². The highest BCUT2D eigenvalue weighted by Crippen LogP contribution is 2.42. The summed E-state index contributed by atoms with van der Waals surface area (Å²) < 4.78 is 5.80. The number of nitrogens with zero attached hydrogens (tertiary/aromatic N) is 1. The number of furan rings is 1. The average molecular weight is 351 g/mol. The Kier molecular flexibility index (Phi) is 4.10. The molecule has 0 bridgehead atoms. The number of aromatic nitrogens is 1. The standard InChI is InChI=1S/C25H21NO/c1-3-10-18(11-4-1)23-20-14-7-8-15-21(20)24(19-12-5-2-6-13-19)26-25(23)22-16-9-17-27-22/h1-6,9-13,16-17H,7-8,14-15H2. The minimum Gasteiger partial charge on any atom is -0.463 e. The predicted octanol–water partition coefficient (Wildman–Crippen LogP) is 6.55. The Balaban J connectivity index is 1.85. The topological polar surface area (TPSA) is 26.0 Å². The molecule has 2 nitrogen and oxygen atoms in total. The molecule has 0 aliphatic heterocycles. The molecule has 2 aromatic heterocycles. The Labute approximate surface area is 159 Å². The van der Waals surface area contributed by atoms with Crippen LogP contribution in [0.4, 0.5) is 0 Å². The molecule has 5 rings (SSSR count). The molecule has 0 spiro atoms. The van der Waals surface area contributed by atoms with Crippen LogP contribution in [0.3, 0.4) is 0 Å². The van der Waals surface area contributed by atoms with Gasteiger partial charge in [0.05, 0.1) is 12.0 Å². The fraction of sp³-hybridized carbons (Fsp3) is 0.160. The fourth-order valence-electron chi connectivity index (χ4n) is 4.16. The van der Waals surface area contributed by atoms with E-state index in [1.54, 1.807) is 6.26 Å². The van der Waals surface area contributed by atoms with Gasteiger partial charge < -0.3 is 4.42 Å². The maximum atomic E-state index is 5.80. The molecule has 1 aliphatic rings. The molecule has 0 N–H and O–H groups in total. The minimum absolute atomic E-state index is 0.833. The monoisotopic (exact) mass is 351 g/mol. The van der Waals surface area contributed by atoms with E-state index in [-0.39, 0.29) is 0 Å². The number of hydrogen-bond acceptors (Lipinski definition) is 2. The molecule has 0 radical (unpaired) electrons. The van der Waals surface area contributed by atoms with E-state index < -0.39 is 0 Å². The third-order valence-corrected chi connectivity index (χ3v) is 5.38. The van der Waals surface area contributed by atoms with Crippen LogP contribution in [0, 0.1) is 0 Å². The van der Waals surface area contributed by atoms with Crippen LogP contribution in [0.5, 0.6) is 0 Å². The van der Waals surface area contributed by atoms with Crippen molar-refractivity contribution in [2.75, 3.05) is 0 Å². The molecule has 132 valence electrons. The van der Waals surface area contributed by atoms with Crippen molar-refractivity contribution in [3.05, 3.63) is 90.2 Å². The van der Waals surface area contributed by atoms with Crippen molar-refractivity contribution in [3.8, 4) is 33.8 Å². The first-order valence-corrected chi connectivity index (χ1v) is 9.62. The van der Waals surface area contributed by atoms with E-state index in [2.05, 4.69) is 60.7 Å². The third-order valence-electron chi connectivity index (χ3n) is 5.38. The van der Waals surface area contributed by atoms with Crippen molar-refractivity contribution in [3.63, 3.8) is 0 Å². The maximum Gasteiger partial charge on any atom is 0.152 e. The number of pyridine rings is 1. The van der Waals surface area contributed by atoms with Crippen molar-refractivity contribution in [1.82, 2.24) is 4.98 Å². The highest BCUT2D eigenvalue weighted by Gasteiger charge is 2.25. The van der Waals surface area contributed by atoms with Crippen molar-refractivity contribution in [1.29, 1.82) is 0 Å². The molecule has 2 heteroatoms. The van der Waals surface area contributed by atoms with Gasteiger partial charge in [0.25, 0.3) is 0 Å². The molecule has 4 aromatic rings. The molecule has 0 fully saturated rings. The van der Waals surface area contributed by atoms with Crippen molar-refractivity contribution in [2.45, 2.75) is 25.7 Å². The lowest BCUT2D eigenvalue weighted by Gasteiger charge is -2.24. The second-order valence-electron chi connectivity index (χ2n) is 7.06. The summed E-state index contributed by atoms with van der Waals surface area (Å²) in [6, 6.07) is 25.1. The zero-order valence-electron chi connectivity index (χ0n) is 15.2. The van der Waals surface area contributed by atoms with Gasteiger partial charge in [-0.05, 0) is 54.5 Å². The highest BCUT2D eigenvalue weighted by molar-refractivity contribution is 5.86. The Morgan fingerprint density at radius 3 is 1.96 bits per heavy atom. The van der Waals surface area contributed by atoms with Crippen LogP contribution in [0.2, 0.25) is 0 Å². The van der Waals surface area contributed by atoms with Crippen LogP contribution in [0.25, 0.3) is 33.8 Å². The summed E-state index contributed by atoms with van der Waals surface area (Å²) in [5.41, 5.74) is 8.54. The van der Waals surface area contributed by atoms with Crippen molar-refractivity contribution in [2.24, 2.45) is 0 Å². The Hall–Kier alpha value is -3.13. The lowest BCUT2D eigenvalue weighted by Crippen LogP contribution is -2.10. The number of benzene rings is 2. The Morgan fingerprint density at radius 1 is 0.630 bits per heavy atom. The van der Waals surface area contributed by atoms with Crippen molar-refractivity contribution >= 4 is 0 Å². The van der Waals surface area contributed by atoms with Gasteiger partial charge in [-0.2, -0.15) is 0 Å². The van der Waals surface area contributed by atoms with Gasteiger partial charge in [0.2, 0.25) is 0 Å². The lowest BCUT2D eigenvalue weighted by molar-refractivity contribution is 0.579. The number of fused-ring (bicyclic) bond motifs is 1. The third kappa shape index (κ3) is 2.87. The number of rotatable bonds is 3. The van der Waals surface area contributed by atoms with E-state index in [0.717, 1.165) is 30.0 Å². The molecule has 1 aliphatic carbocycles. The summed E-state index contributed by atoms with van der Waals surface area (Å²) in [4.78, 5) is 5.18. The summed E-state index contributed by atoms with van der Waals surface area (Å²) in [6.45, 7) is 0. The summed E-state index contributed by atoms with van der Waals surface area (Å²) in [5, 5.41) is 0. The summed E-state index contributed by atoms with van der Waals surface area (Å²) in [6.07, 6.45) is 6.36. The minimum atomic E-state index is 0.833. The van der Waals surface area contributed by atoms with E-state index in [9.17, 15) is 0 Å². The van der Waals surface area contributed by atoms with E-state index in [0.29, 0.717) is 0 Å². The highest BCUT2D eigenvalue weighted by atomic mass is 16.3. The summed E-state index contributed by atoms with van der Waals surface area (Å²) in [5.74, 6) is 0.833. The largest absolute Gasteiger partial charge is 0.463 e. The van der Waals surface area contributed by atoms with Crippen molar-refractivity contribution < 1.29 is 4.42 Å². The first kappa shape index (κ1) is 16.1. The molecule has 0 atom stereocenters. The zero-order chi connectivity index (χ0) is 18.1. The Morgan fingerprint density at radius 2 is 1.30 bits per heavy atom. The van der Waals surface area contributed by atoms with Gasteiger partial charge in [-0.1, -0.05) is 60.7 Å². The fourth-order valence-corrected chi connectivity index (χ4v) is 4.16. The first-order valence-electron chi connectivity index (χ1n) is 9.62. The quantitative estimate of drug-likeness (QED) is 0.418. The second kappa shape index (κ2) is 6.88. The molecule has 27 heavy (non-hydrogen) atoms. The van der Waals surface area contributed by atoms with Gasteiger partial charge in [-0.15, -0.1) is 0 Å². The maximum absolute atomic E-state index is 5.80. The van der Waals surface area contributed by atoms with Crippen LogP contribution in [0.15, 0.2) is 83.5 Å². The number of hydrogen-bond donors (Lipinski definition) is 0. The molecule has 0 saturated carbocycles. The van der Waals surface area contributed by atoms with Gasteiger partial charge >= 0.3 is 0 Å². The molecule has 0 amide bonds. The van der Waals surface area contributed by atoms with E-state index in [1.807, 2.05) is 12.1 Å². The molecule has 2 heterocycles. The molecular weight excluding hydrogens is 330 g/mol. The Bertz CT molecular complexity index is 1050. The molecule has 2 aromatic carbocycles. The average Bonchev–Trinajstić information content (AvgIpc) is 3.28. The first-order chi connectivity index (χ1) is 13.4. The van der Waals surface area contributed by atoms with Crippen LogP contribution >= 0.6 is 0 Å². The van der Waals surface area contributed by atoms with E-state index in [1.165, 1.54) is 40.7 Å². The normalized spacial score (nSPS) is 13.3. The SMILES string of the molecule is c1ccc(-c2nc(-c3ccco3)c(-c3ccccc3)c3c2CCCC3)cc1. The van der Waals surface area contributed by atoms with Gasteiger partial charge in [0.1, 0.15) is 5.69 Å². The zero-order valence-corrected chi connectivity index (χ0v) is 15.2. The smallest absolute Gasteiger partial charge is 0.152 e. The van der Waals surface area contributed by atoms with E-state index in [4.69, 9.17) is 9.40 Å². The second-order valence-corrected chi connectivity index (χ2v) is 7.06. The van der Waals surface area contributed by atoms with Gasteiger partial charge in [0.15, 0.2) is 5.76 Å². The predicted molar refractivity (Wildman–Crippen MR) is 109 cm³/mol.